The van der Waals surface area contributed by atoms with E-state index in [4.69, 9.17) is 4.74 Å². The average molecular weight is 464 g/mol. The van der Waals surface area contributed by atoms with Crippen molar-refractivity contribution in [3.63, 3.8) is 0 Å². The molecule has 2 heterocycles. The van der Waals surface area contributed by atoms with Gasteiger partial charge in [-0.05, 0) is 38.7 Å². The second-order valence-electron chi connectivity index (χ2n) is 8.32. The largest absolute Gasteiger partial charge is 0.448 e. The third-order valence-electron chi connectivity index (χ3n) is 5.60. The molecule has 0 radical (unpaired) electrons. The number of sulfone groups is 1. The fourth-order valence-corrected chi connectivity index (χ4v) is 5.41. The molecule has 3 unspecified atom stereocenters. The van der Waals surface area contributed by atoms with Crippen LogP contribution in [0.1, 0.15) is 45.1 Å². The zero-order valence-electron chi connectivity index (χ0n) is 18.3. The molecule has 1 aromatic carbocycles. The monoisotopic (exact) mass is 463 g/mol. The van der Waals surface area contributed by atoms with Gasteiger partial charge in [0.2, 0.25) is 5.91 Å². The highest BCUT2D eigenvalue weighted by atomic mass is 32.2. The number of nitrogens with one attached hydrogen (secondary N) is 1. The zero-order chi connectivity index (χ0) is 23.3. The summed E-state index contributed by atoms with van der Waals surface area (Å²) >= 11 is 0. The second kappa shape index (κ2) is 10.2. The first-order valence-electron chi connectivity index (χ1n) is 10.8. The number of esters is 1. The van der Waals surface area contributed by atoms with Gasteiger partial charge in [-0.2, -0.15) is 5.10 Å². The minimum Gasteiger partial charge on any atom is -0.448 e. The van der Waals surface area contributed by atoms with E-state index in [1.54, 1.807) is 0 Å². The van der Waals surface area contributed by atoms with Crippen LogP contribution in [-0.2, 0) is 35.4 Å². The van der Waals surface area contributed by atoms with E-state index in [2.05, 4.69) is 10.4 Å². The third kappa shape index (κ3) is 6.38. The molecule has 0 bridgehead atoms. The molecule has 10 heteroatoms. The van der Waals surface area contributed by atoms with Crippen LogP contribution in [0.4, 0.5) is 0 Å². The van der Waals surface area contributed by atoms with Gasteiger partial charge in [-0.1, -0.05) is 30.3 Å². The molecule has 2 aliphatic rings. The van der Waals surface area contributed by atoms with Crippen molar-refractivity contribution in [2.75, 3.05) is 11.5 Å². The van der Waals surface area contributed by atoms with E-state index in [-0.39, 0.29) is 42.0 Å². The molecule has 2 aliphatic heterocycles. The summed E-state index contributed by atoms with van der Waals surface area (Å²) in [5.41, 5.74) is 1.20. The van der Waals surface area contributed by atoms with Crippen molar-refractivity contribution in [2.45, 2.75) is 64.1 Å². The van der Waals surface area contributed by atoms with Crippen LogP contribution < -0.4 is 5.32 Å². The van der Waals surface area contributed by atoms with Gasteiger partial charge in [0.25, 0.3) is 5.91 Å². The van der Waals surface area contributed by atoms with Gasteiger partial charge < -0.3 is 10.1 Å². The van der Waals surface area contributed by atoms with Crippen molar-refractivity contribution >= 4 is 33.3 Å². The number of ether oxygens (including phenoxy) is 1. The molecule has 2 amide bonds. The Labute approximate surface area is 188 Å². The number of amides is 2. The quantitative estimate of drug-likeness (QED) is 0.579. The third-order valence-corrected chi connectivity index (χ3v) is 7.35. The van der Waals surface area contributed by atoms with Crippen LogP contribution >= 0.6 is 0 Å². The number of benzene rings is 1. The maximum atomic E-state index is 12.5. The Bertz CT molecular complexity index is 992. The predicted octanol–water partition coefficient (Wildman–Crippen LogP) is 1.22. The van der Waals surface area contributed by atoms with E-state index in [1.165, 1.54) is 12.5 Å². The fourth-order valence-electron chi connectivity index (χ4n) is 3.71. The molecule has 0 aliphatic carbocycles. The molecule has 32 heavy (non-hydrogen) atoms. The number of hydrazone groups is 1. The second-order valence-corrected chi connectivity index (χ2v) is 10.6. The molecular weight excluding hydrogens is 434 g/mol. The number of aryl methyl sites for hydroxylation is 1. The van der Waals surface area contributed by atoms with E-state index in [0.29, 0.717) is 6.42 Å². The lowest BCUT2D eigenvalue weighted by atomic mass is 10.1. The Morgan fingerprint density at radius 1 is 1.22 bits per heavy atom. The Balaban J connectivity index is 1.52. The lowest BCUT2D eigenvalue weighted by Gasteiger charge is -2.27. The number of nitrogens with zero attached hydrogens (tertiary/aromatic N) is 2. The maximum Gasteiger partial charge on any atom is 0.355 e. The summed E-state index contributed by atoms with van der Waals surface area (Å²) in [4.78, 5) is 37.1. The van der Waals surface area contributed by atoms with Crippen molar-refractivity contribution < 1.29 is 27.5 Å². The highest BCUT2D eigenvalue weighted by Crippen LogP contribution is 2.22. The van der Waals surface area contributed by atoms with Gasteiger partial charge in [0, 0.05) is 18.9 Å². The summed E-state index contributed by atoms with van der Waals surface area (Å²) in [6, 6.07) is 9.27. The van der Waals surface area contributed by atoms with Crippen molar-refractivity contribution in [1.29, 1.82) is 0 Å². The van der Waals surface area contributed by atoms with Gasteiger partial charge in [0.05, 0.1) is 17.5 Å². The highest BCUT2D eigenvalue weighted by Gasteiger charge is 2.37. The Morgan fingerprint density at radius 2 is 1.94 bits per heavy atom. The molecule has 0 aromatic heterocycles. The molecule has 174 valence electrons. The molecule has 1 fully saturated rings. The van der Waals surface area contributed by atoms with Crippen LogP contribution in [0.15, 0.2) is 35.4 Å². The zero-order valence-corrected chi connectivity index (χ0v) is 19.1. The lowest BCUT2D eigenvalue weighted by Crippen LogP contribution is -2.44. The molecule has 3 rings (SSSR count). The lowest BCUT2D eigenvalue weighted by molar-refractivity contribution is -0.149. The Morgan fingerprint density at radius 3 is 2.59 bits per heavy atom. The van der Waals surface area contributed by atoms with Crippen LogP contribution in [0.3, 0.4) is 0 Å². The van der Waals surface area contributed by atoms with Crippen LogP contribution in [0, 0.1) is 0 Å². The van der Waals surface area contributed by atoms with Crippen molar-refractivity contribution in [2.24, 2.45) is 5.10 Å². The molecule has 1 saturated heterocycles. The molecule has 0 saturated carbocycles. The normalized spacial score (nSPS) is 22.1. The minimum absolute atomic E-state index is 0.00356. The molecule has 3 atom stereocenters. The summed E-state index contributed by atoms with van der Waals surface area (Å²) in [7, 11) is -3.20. The highest BCUT2D eigenvalue weighted by molar-refractivity contribution is 7.91. The van der Waals surface area contributed by atoms with Crippen molar-refractivity contribution in [3.05, 3.63) is 35.9 Å². The summed E-state index contributed by atoms with van der Waals surface area (Å²) in [5, 5.41) is 8.02. The fraction of sp³-hybridized carbons (Fsp3) is 0.545. The minimum atomic E-state index is -3.20. The smallest absolute Gasteiger partial charge is 0.355 e. The van der Waals surface area contributed by atoms with E-state index in [1.807, 2.05) is 37.3 Å². The number of carbonyl (C=O) groups excluding carboxylic acids is 3. The summed E-state index contributed by atoms with van der Waals surface area (Å²) in [5.74, 6) is -1.67. The van der Waals surface area contributed by atoms with Gasteiger partial charge in [-0.3, -0.25) is 9.59 Å². The Kier molecular flexibility index (Phi) is 7.65. The molecule has 9 nitrogen and oxygen atoms in total. The molecule has 0 spiro atoms. The number of hydrogen-bond donors (Lipinski definition) is 1. The van der Waals surface area contributed by atoms with Gasteiger partial charge in [0.1, 0.15) is 5.71 Å². The molecule has 1 aromatic rings. The number of hydrogen-bond acceptors (Lipinski definition) is 7. The maximum absolute atomic E-state index is 12.5. The Hall–Kier alpha value is -2.75. The van der Waals surface area contributed by atoms with Crippen LogP contribution in [0.25, 0.3) is 0 Å². The summed E-state index contributed by atoms with van der Waals surface area (Å²) in [6.45, 7) is 3.37. The average Bonchev–Trinajstić information content (AvgIpc) is 3.12. The summed E-state index contributed by atoms with van der Waals surface area (Å²) in [6.07, 6.45) is 0.956. The number of rotatable bonds is 8. The standard InChI is InChI=1S/C22H29N3O6S/c1-15(8-9-17-6-4-3-5-7-17)23-21(27)16(2)31-22(28)19-10-11-20(26)25(24-19)18-12-13-32(29,30)14-18/h3-7,15-16,18H,8-14H2,1-2H3,(H,23,27). The van der Waals surface area contributed by atoms with E-state index >= 15 is 0 Å². The van der Waals surface area contributed by atoms with E-state index < -0.39 is 33.9 Å². The van der Waals surface area contributed by atoms with Crippen LogP contribution in [-0.4, -0.2) is 66.6 Å². The van der Waals surface area contributed by atoms with E-state index in [0.717, 1.165) is 17.9 Å². The topological polar surface area (TPSA) is 122 Å². The summed E-state index contributed by atoms with van der Waals surface area (Å²) < 4.78 is 28.7. The van der Waals surface area contributed by atoms with Crippen LogP contribution in [0.5, 0.6) is 0 Å². The van der Waals surface area contributed by atoms with Gasteiger partial charge in [-0.15, -0.1) is 0 Å². The first-order valence-corrected chi connectivity index (χ1v) is 12.6. The van der Waals surface area contributed by atoms with Crippen LogP contribution in [0.2, 0.25) is 0 Å². The SMILES string of the molecule is CC(CCc1ccccc1)NC(=O)C(C)OC(=O)C1=NN(C2CCS(=O)(=O)C2)C(=O)CC1. The molecular formula is C22H29N3O6S. The van der Waals surface area contributed by atoms with Crippen molar-refractivity contribution in [3.8, 4) is 0 Å². The van der Waals surface area contributed by atoms with Crippen molar-refractivity contribution in [1.82, 2.24) is 10.3 Å². The predicted molar refractivity (Wildman–Crippen MR) is 118 cm³/mol. The first-order chi connectivity index (χ1) is 15.1. The number of carbonyl (C=O) groups is 3. The van der Waals surface area contributed by atoms with E-state index in [9.17, 15) is 22.8 Å². The molecule has 1 N–H and O–H groups in total. The van der Waals surface area contributed by atoms with Gasteiger partial charge in [0.15, 0.2) is 15.9 Å². The first kappa shape index (κ1) is 23.9. The van der Waals surface area contributed by atoms with Gasteiger partial charge in [-0.25, -0.2) is 18.2 Å². The van der Waals surface area contributed by atoms with Gasteiger partial charge >= 0.3 is 5.97 Å².